The van der Waals surface area contributed by atoms with Gasteiger partial charge in [-0.1, -0.05) is 0 Å². The Bertz CT molecular complexity index is 951. The number of nitrogens with two attached hydrogens (primary N) is 1. The van der Waals surface area contributed by atoms with Gasteiger partial charge in [-0.2, -0.15) is 0 Å². The van der Waals surface area contributed by atoms with E-state index in [1.54, 1.807) is 4.40 Å². The zero-order chi connectivity index (χ0) is 17.4. The van der Waals surface area contributed by atoms with Crippen molar-refractivity contribution in [3.05, 3.63) is 58.7 Å². The smallest absolute Gasteiger partial charge is 0.218 e. The van der Waals surface area contributed by atoms with Crippen LogP contribution in [-0.4, -0.2) is 27.3 Å². The van der Waals surface area contributed by atoms with E-state index < -0.39 is 11.6 Å². The third-order valence-electron chi connectivity index (χ3n) is 3.70. The third kappa shape index (κ3) is 2.66. The van der Waals surface area contributed by atoms with Crippen LogP contribution in [0, 0.1) is 24.0 Å². The number of benzene rings is 1. The minimum Gasteiger partial charge on any atom is -0.481 e. The summed E-state index contributed by atoms with van der Waals surface area (Å²) in [5, 5.41) is 7.58. The zero-order valence-electron chi connectivity index (χ0n) is 13.1. The third-order valence-corrected chi connectivity index (χ3v) is 3.70. The first-order chi connectivity index (χ1) is 11.4. The van der Waals surface area contributed by atoms with Crippen molar-refractivity contribution in [1.29, 1.82) is 5.41 Å². The van der Waals surface area contributed by atoms with E-state index in [1.807, 2.05) is 0 Å². The van der Waals surface area contributed by atoms with E-state index in [-0.39, 0.29) is 29.1 Å². The molecule has 0 spiro atoms. The molecule has 0 aliphatic heterocycles. The number of imidazole rings is 1. The van der Waals surface area contributed by atoms with Gasteiger partial charge in [0.15, 0.2) is 5.65 Å². The van der Waals surface area contributed by atoms with Crippen LogP contribution in [0.5, 0.6) is 5.88 Å². The molecular formula is C16H15F2N5O. The van der Waals surface area contributed by atoms with Gasteiger partial charge in [0.05, 0.1) is 19.0 Å². The molecule has 3 rings (SSSR count). The van der Waals surface area contributed by atoms with Crippen molar-refractivity contribution in [3.63, 3.8) is 0 Å². The monoisotopic (exact) mass is 331 g/mol. The van der Waals surface area contributed by atoms with Gasteiger partial charge in [-0.15, -0.1) is 0 Å². The molecule has 0 bridgehead atoms. The molecule has 0 radical (unpaired) electrons. The molecule has 0 amide bonds. The minimum absolute atomic E-state index is 0.00776. The minimum atomic E-state index is -0.527. The van der Waals surface area contributed by atoms with Crippen molar-refractivity contribution < 1.29 is 13.5 Å². The second-order valence-corrected chi connectivity index (χ2v) is 5.35. The van der Waals surface area contributed by atoms with Crippen molar-refractivity contribution in [2.45, 2.75) is 13.3 Å². The van der Waals surface area contributed by atoms with Crippen LogP contribution in [-0.2, 0) is 6.42 Å². The highest BCUT2D eigenvalue weighted by atomic mass is 19.1. The van der Waals surface area contributed by atoms with Crippen molar-refractivity contribution in [2.24, 2.45) is 5.73 Å². The Morgan fingerprint density at radius 1 is 1.33 bits per heavy atom. The van der Waals surface area contributed by atoms with E-state index in [0.29, 0.717) is 17.2 Å². The Morgan fingerprint density at radius 3 is 2.75 bits per heavy atom. The number of aromatic nitrogens is 3. The molecule has 6 nitrogen and oxygen atoms in total. The molecule has 2 heterocycles. The van der Waals surface area contributed by atoms with Crippen molar-refractivity contribution in [3.8, 4) is 5.88 Å². The van der Waals surface area contributed by atoms with Gasteiger partial charge in [0.1, 0.15) is 23.2 Å². The number of methoxy groups -OCH3 is 1. The summed E-state index contributed by atoms with van der Waals surface area (Å²) in [4.78, 5) is 8.46. The van der Waals surface area contributed by atoms with Crippen LogP contribution in [0.2, 0.25) is 0 Å². The highest BCUT2D eigenvalue weighted by molar-refractivity contribution is 5.93. The van der Waals surface area contributed by atoms with Gasteiger partial charge in [-0.25, -0.2) is 18.7 Å². The summed E-state index contributed by atoms with van der Waals surface area (Å²) in [5.74, 6) is -0.845. The fourth-order valence-corrected chi connectivity index (χ4v) is 2.43. The second kappa shape index (κ2) is 5.88. The van der Waals surface area contributed by atoms with Crippen LogP contribution >= 0.6 is 0 Å². The molecule has 0 saturated carbocycles. The van der Waals surface area contributed by atoms with Gasteiger partial charge in [0.2, 0.25) is 5.88 Å². The molecule has 2 aromatic heterocycles. The lowest BCUT2D eigenvalue weighted by atomic mass is 10.1. The van der Waals surface area contributed by atoms with E-state index in [2.05, 4.69) is 9.97 Å². The standard InChI is InChI=1S/C16H15F2N5O/c1-8-3-11(18)9(4-10(8)17)5-12-16-21-6-14(24-2)23(16)7-13(22-12)15(19)20/h3-4,6-7H,5H2,1-2H3,(H3,19,20). The zero-order valence-corrected chi connectivity index (χ0v) is 13.1. The molecule has 0 fully saturated rings. The first-order valence-corrected chi connectivity index (χ1v) is 7.10. The predicted octanol–water partition coefficient (Wildman–Crippen LogP) is 2.20. The Hall–Kier alpha value is -3.03. The van der Waals surface area contributed by atoms with Gasteiger partial charge < -0.3 is 10.5 Å². The van der Waals surface area contributed by atoms with E-state index >= 15 is 0 Å². The summed E-state index contributed by atoms with van der Waals surface area (Å²) < 4.78 is 34.7. The summed E-state index contributed by atoms with van der Waals surface area (Å²) in [5.41, 5.74) is 6.89. The number of nitrogens with one attached hydrogen (secondary N) is 1. The molecule has 1 aromatic carbocycles. The number of hydrogen-bond acceptors (Lipinski definition) is 4. The van der Waals surface area contributed by atoms with Crippen molar-refractivity contribution in [2.75, 3.05) is 7.11 Å². The number of halogens is 2. The number of aryl methyl sites for hydroxylation is 1. The molecular weight excluding hydrogens is 316 g/mol. The van der Waals surface area contributed by atoms with E-state index in [9.17, 15) is 8.78 Å². The topological polar surface area (TPSA) is 89.3 Å². The summed E-state index contributed by atoms with van der Waals surface area (Å²) in [6, 6.07) is 2.28. The van der Waals surface area contributed by atoms with Gasteiger partial charge in [0, 0.05) is 12.6 Å². The Morgan fingerprint density at radius 2 is 2.08 bits per heavy atom. The molecule has 24 heavy (non-hydrogen) atoms. The maximum absolute atomic E-state index is 14.1. The fraction of sp³-hybridized carbons (Fsp3) is 0.188. The van der Waals surface area contributed by atoms with Gasteiger partial charge in [-0.3, -0.25) is 9.81 Å². The lowest BCUT2D eigenvalue weighted by Gasteiger charge is -2.09. The lowest BCUT2D eigenvalue weighted by Crippen LogP contribution is -2.16. The highest BCUT2D eigenvalue weighted by Gasteiger charge is 2.16. The Kier molecular flexibility index (Phi) is 3.88. The molecule has 0 saturated heterocycles. The van der Waals surface area contributed by atoms with Crippen LogP contribution in [0.1, 0.15) is 22.5 Å². The molecule has 0 aliphatic carbocycles. The average Bonchev–Trinajstić information content (AvgIpc) is 2.95. The fourth-order valence-electron chi connectivity index (χ4n) is 2.43. The number of amidine groups is 1. The summed E-state index contributed by atoms with van der Waals surface area (Å²) in [6.07, 6.45) is 3.00. The van der Waals surface area contributed by atoms with Gasteiger partial charge in [-0.05, 0) is 30.2 Å². The largest absolute Gasteiger partial charge is 0.481 e. The van der Waals surface area contributed by atoms with E-state index in [0.717, 1.165) is 12.1 Å². The van der Waals surface area contributed by atoms with E-state index in [4.69, 9.17) is 15.9 Å². The normalized spacial score (nSPS) is 11.0. The maximum Gasteiger partial charge on any atom is 0.218 e. The van der Waals surface area contributed by atoms with Crippen molar-refractivity contribution in [1.82, 2.24) is 14.4 Å². The molecule has 3 N–H and O–H groups in total. The molecule has 0 aliphatic rings. The number of nitrogens with zero attached hydrogens (tertiary/aromatic N) is 3. The van der Waals surface area contributed by atoms with Gasteiger partial charge in [0.25, 0.3) is 0 Å². The molecule has 0 unspecified atom stereocenters. The van der Waals surface area contributed by atoms with Crippen LogP contribution in [0.15, 0.2) is 24.5 Å². The maximum atomic E-state index is 14.1. The molecule has 124 valence electrons. The number of fused-ring (bicyclic) bond motifs is 1. The lowest BCUT2D eigenvalue weighted by molar-refractivity contribution is 0.394. The second-order valence-electron chi connectivity index (χ2n) is 5.35. The number of rotatable bonds is 4. The quantitative estimate of drug-likeness (QED) is 0.566. The highest BCUT2D eigenvalue weighted by Crippen LogP contribution is 2.22. The van der Waals surface area contributed by atoms with Crippen LogP contribution in [0.3, 0.4) is 0 Å². The van der Waals surface area contributed by atoms with Crippen LogP contribution < -0.4 is 10.5 Å². The van der Waals surface area contributed by atoms with Crippen LogP contribution in [0.25, 0.3) is 5.65 Å². The molecule has 8 heteroatoms. The Balaban J connectivity index is 2.17. The van der Waals surface area contributed by atoms with Crippen LogP contribution in [0.4, 0.5) is 8.78 Å². The first kappa shape index (κ1) is 15.9. The predicted molar refractivity (Wildman–Crippen MR) is 84.5 cm³/mol. The van der Waals surface area contributed by atoms with Crippen molar-refractivity contribution >= 4 is 11.5 Å². The number of nitrogen functional groups attached to an aromatic ring is 1. The molecule has 3 aromatic rings. The molecule has 0 atom stereocenters. The summed E-state index contributed by atoms with van der Waals surface area (Å²) in [7, 11) is 1.48. The summed E-state index contributed by atoms with van der Waals surface area (Å²) in [6.45, 7) is 1.49. The summed E-state index contributed by atoms with van der Waals surface area (Å²) >= 11 is 0. The number of hydrogen-bond donors (Lipinski definition) is 2. The average molecular weight is 331 g/mol. The first-order valence-electron chi connectivity index (χ1n) is 7.10. The van der Waals surface area contributed by atoms with Gasteiger partial charge >= 0.3 is 0 Å². The number of ether oxygens (including phenoxy) is 1. The Labute approximate surface area is 136 Å². The SMILES string of the molecule is COc1cnc2c(Cc3cc(F)c(C)cc3F)nc(C(=N)N)cn12. The van der Waals surface area contributed by atoms with E-state index in [1.165, 1.54) is 26.4 Å².